The van der Waals surface area contributed by atoms with Crippen LogP contribution in [-0.2, 0) is 11.3 Å². The van der Waals surface area contributed by atoms with Crippen LogP contribution in [-0.4, -0.2) is 73.6 Å². The lowest BCUT2D eigenvalue weighted by atomic mass is 9.92. The average Bonchev–Trinajstić information content (AvgIpc) is 3.35. The molecule has 158 valence electrons. The van der Waals surface area contributed by atoms with Crippen LogP contribution in [0, 0.1) is 5.92 Å². The van der Waals surface area contributed by atoms with E-state index in [2.05, 4.69) is 31.9 Å². The number of rotatable bonds is 9. The van der Waals surface area contributed by atoms with E-state index >= 15 is 0 Å². The zero-order valence-electron chi connectivity index (χ0n) is 17.8. The van der Waals surface area contributed by atoms with E-state index in [-0.39, 0.29) is 5.91 Å². The van der Waals surface area contributed by atoms with Crippen molar-refractivity contribution < 1.29 is 4.79 Å². The Morgan fingerprint density at radius 3 is 2.75 bits per heavy atom. The molecule has 7 heteroatoms. The summed E-state index contributed by atoms with van der Waals surface area (Å²) in [5.74, 6) is 0.936. The van der Waals surface area contributed by atoms with E-state index in [1.54, 1.807) is 11.3 Å². The van der Waals surface area contributed by atoms with Gasteiger partial charge in [-0.05, 0) is 64.2 Å². The molecule has 2 fully saturated rings. The summed E-state index contributed by atoms with van der Waals surface area (Å²) in [4.78, 5) is 25.1. The maximum absolute atomic E-state index is 12.3. The van der Waals surface area contributed by atoms with E-state index in [1.165, 1.54) is 37.1 Å². The zero-order chi connectivity index (χ0) is 19.9. The van der Waals surface area contributed by atoms with Crippen molar-refractivity contribution in [3.05, 3.63) is 11.1 Å². The summed E-state index contributed by atoms with van der Waals surface area (Å²) in [6.07, 6.45) is 8.64. The second-order valence-electron chi connectivity index (χ2n) is 8.49. The van der Waals surface area contributed by atoms with Crippen LogP contribution < -0.4 is 10.2 Å². The van der Waals surface area contributed by atoms with Crippen molar-refractivity contribution in [2.24, 2.45) is 5.92 Å². The predicted molar refractivity (Wildman–Crippen MR) is 117 cm³/mol. The molecule has 0 aliphatic carbocycles. The molecule has 1 N–H and O–H groups in total. The molecule has 0 bridgehead atoms. The first-order valence-electron chi connectivity index (χ1n) is 10.9. The molecule has 0 aromatic carbocycles. The van der Waals surface area contributed by atoms with Crippen molar-refractivity contribution in [3.63, 3.8) is 0 Å². The number of nitrogens with one attached hydrogen (secondary N) is 1. The largest absolute Gasteiger partial charge is 0.355 e. The van der Waals surface area contributed by atoms with Crippen LogP contribution in [0.2, 0.25) is 0 Å². The second kappa shape index (κ2) is 10.6. The standard InChI is InChI=1S/C21H37N5OS/c1-4-26-11-5-6-18(26)14-22-20(27)8-7-17-9-12-25(13-10-17)16-19-15-23-21(28-19)24(2)3/h15,17-18H,4-14,16H2,1-3H3,(H,22,27). The summed E-state index contributed by atoms with van der Waals surface area (Å²) in [6.45, 7) is 8.60. The number of carbonyl (C=O) groups excluding carboxylic acids is 1. The normalized spacial score (nSPS) is 21.9. The Balaban J connectivity index is 1.30. The van der Waals surface area contributed by atoms with E-state index < -0.39 is 0 Å². The predicted octanol–water partition coefficient (Wildman–Crippen LogP) is 2.80. The van der Waals surface area contributed by atoms with E-state index in [1.807, 2.05) is 20.3 Å². The van der Waals surface area contributed by atoms with Gasteiger partial charge in [0.05, 0.1) is 0 Å². The number of carbonyl (C=O) groups is 1. The quantitative estimate of drug-likeness (QED) is 0.682. The fraction of sp³-hybridized carbons (Fsp3) is 0.810. The molecule has 2 saturated heterocycles. The van der Waals surface area contributed by atoms with Crippen molar-refractivity contribution in [1.29, 1.82) is 0 Å². The lowest BCUT2D eigenvalue weighted by molar-refractivity contribution is -0.121. The first-order chi connectivity index (χ1) is 13.5. The third-order valence-corrected chi connectivity index (χ3v) is 7.38. The van der Waals surface area contributed by atoms with Gasteiger partial charge in [0.15, 0.2) is 5.13 Å². The van der Waals surface area contributed by atoms with Gasteiger partial charge in [0.2, 0.25) is 5.91 Å². The number of hydrogen-bond acceptors (Lipinski definition) is 6. The summed E-state index contributed by atoms with van der Waals surface area (Å²) >= 11 is 1.78. The number of amides is 1. The Morgan fingerprint density at radius 1 is 1.29 bits per heavy atom. The Hall–Kier alpha value is -1.18. The topological polar surface area (TPSA) is 51.7 Å². The molecule has 6 nitrogen and oxygen atoms in total. The Morgan fingerprint density at radius 2 is 2.07 bits per heavy atom. The van der Waals surface area contributed by atoms with E-state index in [0.717, 1.165) is 44.3 Å². The summed E-state index contributed by atoms with van der Waals surface area (Å²) in [5.41, 5.74) is 0. The maximum Gasteiger partial charge on any atom is 0.220 e. The van der Waals surface area contributed by atoms with Gasteiger partial charge in [-0.3, -0.25) is 14.6 Å². The third kappa shape index (κ3) is 6.16. The number of piperidine rings is 1. The number of thiazole rings is 1. The van der Waals surface area contributed by atoms with Crippen LogP contribution in [0.3, 0.4) is 0 Å². The van der Waals surface area contributed by atoms with E-state index in [4.69, 9.17) is 0 Å². The highest BCUT2D eigenvalue weighted by molar-refractivity contribution is 7.15. The molecular weight excluding hydrogens is 370 g/mol. The second-order valence-corrected chi connectivity index (χ2v) is 9.58. The van der Waals surface area contributed by atoms with Gasteiger partial charge in [0.1, 0.15) is 0 Å². The lowest BCUT2D eigenvalue weighted by Gasteiger charge is -2.31. The molecule has 1 atom stereocenters. The number of likely N-dealkylation sites (tertiary alicyclic amines) is 2. The first kappa shape index (κ1) is 21.5. The van der Waals surface area contributed by atoms with Crippen LogP contribution in [0.5, 0.6) is 0 Å². The monoisotopic (exact) mass is 407 g/mol. The van der Waals surface area contributed by atoms with Crippen molar-refractivity contribution in [2.45, 2.75) is 58.0 Å². The Bertz CT molecular complexity index is 612. The van der Waals surface area contributed by atoms with Gasteiger partial charge >= 0.3 is 0 Å². The summed E-state index contributed by atoms with van der Waals surface area (Å²) in [6, 6.07) is 0.553. The number of anilines is 1. The van der Waals surface area contributed by atoms with Crippen molar-refractivity contribution in [3.8, 4) is 0 Å². The molecular formula is C21H37N5OS. The lowest BCUT2D eigenvalue weighted by Crippen LogP contribution is -2.40. The smallest absolute Gasteiger partial charge is 0.220 e. The molecule has 28 heavy (non-hydrogen) atoms. The Labute approximate surface area is 174 Å². The van der Waals surface area contributed by atoms with Gasteiger partial charge in [-0.15, -0.1) is 11.3 Å². The van der Waals surface area contributed by atoms with Crippen molar-refractivity contribution >= 4 is 22.4 Å². The van der Waals surface area contributed by atoms with Crippen LogP contribution >= 0.6 is 11.3 Å². The molecule has 1 amide bonds. The highest BCUT2D eigenvalue weighted by Gasteiger charge is 2.24. The molecule has 3 heterocycles. The molecule has 0 saturated carbocycles. The molecule has 1 unspecified atom stereocenters. The minimum absolute atomic E-state index is 0.242. The number of hydrogen-bond donors (Lipinski definition) is 1. The van der Waals surface area contributed by atoms with Crippen molar-refractivity contribution in [1.82, 2.24) is 20.1 Å². The summed E-state index contributed by atoms with van der Waals surface area (Å²) < 4.78 is 0. The van der Waals surface area contributed by atoms with Crippen molar-refractivity contribution in [2.75, 3.05) is 51.7 Å². The van der Waals surface area contributed by atoms with Crippen LogP contribution in [0.15, 0.2) is 6.20 Å². The summed E-state index contributed by atoms with van der Waals surface area (Å²) in [7, 11) is 4.08. The number of nitrogens with zero attached hydrogens (tertiary/aromatic N) is 4. The maximum atomic E-state index is 12.3. The molecule has 3 rings (SSSR count). The SMILES string of the molecule is CCN1CCCC1CNC(=O)CCC1CCN(Cc2cnc(N(C)C)s2)CC1. The Kier molecular flexibility index (Phi) is 8.11. The molecule has 2 aliphatic rings. The molecule has 2 aliphatic heterocycles. The van der Waals surface area contributed by atoms with E-state index in [0.29, 0.717) is 18.4 Å². The van der Waals surface area contributed by atoms with Crippen LogP contribution in [0.1, 0.15) is 50.3 Å². The minimum atomic E-state index is 0.242. The molecule has 1 aromatic heterocycles. The fourth-order valence-corrected chi connectivity index (χ4v) is 5.30. The van der Waals surface area contributed by atoms with E-state index in [9.17, 15) is 4.79 Å². The molecule has 0 radical (unpaired) electrons. The van der Waals surface area contributed by atoms with Gasteiger partial charge in [-0.1, -0.05) is 6.92 Å². The number of aromatic nitrogens is 1. The highest BCUT2D eigenvalue weighted by atomic mass is 32.1. The zero-order valence-corrected chi connectivity index (χ0v) is 18.6. The number of likely N-dealkylation sites (N-methyl/N-ethyl adjacent to an activating group) is 1. The van der Waals surface area contributed by atoms with Gasteiger partial charge in [-0.25, -0.2) is 4.98 Å². The summed E-state index contributed by atoms with van der Waals surface area (Å²) in [5, 5.41) is 4.26. The van der Waals surface area contributed by atoms with Gasteiger partial charge in [0.25, 0.3) is 0 Å². The van der Waals surface area contributed by atoms with Crippen LogP contribution in [0.4, 0.5) is 5.13 Å². The fourth-order valence-electron chi connectivity index (χ4n) is 4.43. The third-order valence-electron chi connectivity index (χ3n) is 6.23. The highest BCUT2D eigenvalue weighted by Crippen LogP contribution is 2.26. The van der Waals surface area contributed by atoms with Gasteiger partial charge in [0, 0.05) is 50.7 Å². The first-order valence-corrected chi connectivity index (χ1v) is 11.7. The molecule has 1 aromatic rings. The van der Waals surface area contributed by atoms with Crippen LogP contribution in [0.25, 0.3) is 0 Å². The minimum Gasteiger partial charge on any atom is -0.355 e. The molecule has 0 spiro atoms. The van der Waals surface area contributed by atoms with Gasteiger partial charge < -0.3 is 10.2 Å². The van der Waals surface area contributed by atoms with Gasteiger partial charge in [-0.2, -0.15) is 0 Å². The average molecular weight is 408 g/mol.